The Morgan fingerprint density at radius 2 is 1.81 bits per heavy atom. The summed E-state index contributed by atoms with van der Waals surface area (Å²) >= 11 is 0. The molecule has 10 heteroatoms. The van der Waals surface area contributed by atoms with Gasteiger partial charge in [-0.1, -0.05) is 6.07 Å². The summed E-state index contributed by atoms with van der Waals surface area (Å²) in [5.41, 5.74) is -3.03. The lowest BCUT2D eigenvalue weighted by Crippen LogP contribution is -2.22. The number of nitrogens with zero attached hydrogens (tertiary/aromatic N) is 4. The number of benzene rings is 1. The van der Waals surface area contributed by atoms with Gasteiger partial charge >= 0.3 is 6.18 Å². The van der Waals surface area contributed by atoms with Gasteiger partial charge in [-0.25, -0.2) is 18.7 Å². The highest BCUT2D eigenvalue weighted by Crippen LogP contribution is 2.31. The zero-order chi connectivity index (χ0) is 19.5. The van der Waals surface area contributed by atoms with E-state index in [-0.39, 0.29) is 16.4 Å². The molecule has 0 aliphatic carbocycles. The Bertz CT molecular complexity index is 1270. The molecule has 138 valence electrons. The summed E-state index contributed by atoms with van der Waals surface area (Å²) in [6, 6.07) is 4.94. The minimum Gasteiger partial charge on any atom is -0.333 e. The summed E-state index contributed by atoms with van der Waals surface area (Å²) in [5, 5.41) is 0.140. The fourth-order valence-corrected chi connectivity index (χ4v) is 2.96. The summed E-state index contributed by atoms with van der Waals surface area (Å²) in [4.78, 5) is 20.3. The minimum atomic E-state index is -4.78. The SMILES string of the molecule is Cn1cnc2c(=O)n(-c3cccc(F)c3F)c3nc(C(F)(F)F)ccc3c21. The molecule has 0 aliphatic heterocycles. The fraction of sp³-hybridized carbons (Fsp3) is 0.118. The Morgan fingerprint density at radius 1 is 1.07 bits per heavy atom. The first-order valence-electron chi connectivity index (χ1n) is 7.58. The van der Waals surface area contributed by atoms with Crippen molar-refractivity contribution in [3.63, 3.8) is 0 Å². The van der Waals surface area contributed by atoms with Gasteiger partial charge in [0.05, 0.1) is 17.5 Å². The van der Waals surface area contributed by atoms with Gasteiger partial charge in [0.1, 0.15) is 11.3 Å². The molecule has 0 atom stereocenters. The van der Waals surface area contributed by atoms with Crippen molar-refractivity contribution in [2.45, 2.75) is 6.18 Å². The van der Waals surface area contributed by atoms with Gasteiger partial charge in [0.2, 0.25) is 0 Å². The number of aromatic nitrogens is 4. The van der Waals surface area contributed by atoms with E-state index in [0.29, 0.717) is 4.57 Å². The number of rotatable bonds is 1. The van der Waals surface area contributed by atoms with Crippen LogP contribution in [-0.2, 0) is 13.2 Å². The zero-order valence-corrected chi connectivity index (χ0v) is 13.6. The highest BCUT2D eigenvalue weighted by molar-refractivity contribution is 6.01. The fourth-order valence-electron chi connectivity index (χ4n) is 2.96. The lowest BCUT2D eigenvalue weighted by Gasteiger charge is -2.14. The largest absolute Gasteiger partial charge is 0.433 e. The van der Waals surface area contributed by atoms with Gasteiger partial charge in [-0.05, 0) is 24.3 Å². The molecule has 0 bridgehead atoms. The quantitative estimate of drug-likeness (QED) is 0.475. The highest BCUT2D eigenvalue weighted by Gasteiger charge is 2.33. The van der Waals surface area contributed by atoms with Crippen molar-refractivity contribution in [2.75, 3.05) is 0 Å². The van der Waals surface area contributed by atoms with Crippen LogP contribution in [0.1, 0.15) is 5.69 Å². The van der Waals surface area contributed by atoms with E-state index in [2.05, 4.69) is 9.97 Å². The molecule has 0 fully saturated rings. The van der Waals surface area contributed by atoms with Crippen LogP contribution in [0.25, 0.3) is 27.8 Å². The summed E-state index contributed by atoms with van der Waals surface area (Å²) < 4.78 is 69.4. The lowest BCUT2D eigenvalue weighted by atomic mass is 10.2. The predicted octanol–water partition coefficient (Wildman–Crippen LogP) is 3.57. The standard InChI is InChI=1S/C17H9F5N4O/c1-25-7-23-13-14(25)8-5-6-11(17(20,21)22)24-15(8)26(16(13)27)10-4-2-3-9(18)12(10)19/h2-7H,1H3. The third-order valence-electron chi connectivity index (χ3n) is 4.15. The normalized spacial score (nSPS) is 12.2. The maximum atomic E-state index is 14.3. The van der Waals surface area contributed by atoms with Crippen molar-refractivity contribution in [1.82, 2.24) is 19.1 Å². The monoisotopic (exact) mass is 380 g/mol. The first-order chi connectivity index (χ1) is 12.7. The van der Waals surface area contributed by atoms with Gasteiger partial charge in [-0.2, -0.15) is 13.2 Å². The summed E-state index contributed by atoms with van der Waals surface area (Å²) in [6.07, 6.45) is -3.48. The van der Waals surface area contributed by atoms with E-state index >= 15 is 0 Å². The van der Waals surface area contributed by atoms with Crippen LogP contribution in [0.4, 0.5) is 22.0 Å². The molecule has 27 heavy (non-hydrogen) atoms. The van der Waals surface area contributed by atoms with Crippen molar-refractivity contribution in [1.29, 1.82) is 0 Å². The molecule has 0 saturated heterocycles. The Kier molecular flexibility index (Phi) is 3.55. The topological polar surface area (TPSA) is 52.7 Å². The van der Waals surface area contributed by atoms with Crippen molar-refractivity contribution in [2.24, 2.45) is 7.05 Å². The second kappa shape index (κ2) is 5.60. The Morgan fingerprint density at radius 3 is 2.52 bits per heavy atom. The van der Waals surface area contributed by atoms with Gasteiger partial charge in [0, 0.05) is 12.4 Å². The van der Waals surface area contributed by atoms with Crippen molar-refractivity contribution in [3.8, 4) is 5.69 Å². The van der Waals surface area contributed by atoms with E-state index in [9.17, 15) is 26.7 Å². The van der Waals surface area contributed by atoms with Crippen molar-refractivity contribution in [3.05, 3.63) is 64.3 Å². The number of hydrogen-bond donors (Lipinski definition) is 0. The Hall–Kier alpha value is -3.30. The second-order valence-electron chi connectivity index (χ2n) is 5.83. The van der Waals surface area contributed by atoms with Crippen LogP contribution in [0.15, 0.2) is 41.5 Å². The summed E-state index contributed by atoms with van der Waals surface area (Å²) in [6.45, 7) is 0. The lowest BCUT2D eigenvalue weighted by molar-refractivity contribution is -0.141. The zero-order valence-electron chi connectivity index (χ0n) is 13.6. The van der Waals surface area contributed by atoms with Gasteiger partial charge in [-0.15, -0.1) is 0 Å². The van der Waals surface area contributed by atoms with Crippen LogP contribution in [0.3, 0.4) is 0 Å². The number of halogens is 5. The number of imidazole rings is 1. The Labute approximate surface area is 147 Å². The van der Waals surface area contributed by atoms with E-state index in [0.717, 1.165) is 30.3 Å². The van der Waals surface area contributed by atoms with E-state index in [1.165, 1.54) is 10.9 Å². The van der Waals surface area contributed by atoms with Crippen molar-refractivity contribution >= 4 is 22.1 Å². The predicted molar refractivity (Wildman–Crippen MR) is 86.5 cm³/mol. The van der Waals surface area contributed by atoms with Crippen LogP contribution < -0.4 is 5.56 Å². The molecule has 4 rings (SSSR count). The van der Waals surface area contributed by atoms with E-state index < -0.39 is 40.4 Å². The first kappa shape index (κ1) is 17.1. The van der Waals surface area contributed by atoms with E-state index in [1.807, 2.05) is 0 Å². The molecule has 3 heterocycles. The van der Waals surface area contributed by atoms with Gasteiger partial charge < -0.3 is 4.57 Å². The third-order valence-corrected chi connectivity index (χ3v) is 4.15. The van der Waals surface area contributed by atoms with Gasteiger partial charge in [-0.3, -0.25) is 9.36 Å². The third kappa shape index (κ3) is 2.47. The van der Waals surface area contributed by atoms with Gasteiger partial charge in [0.15, 0.2) is 17.2 Å². The van der Waals surface area contributed by atoms with Crippen LogP contribution in [0.2, 0.25) is 0 Å². The summed E-state index contributed by atoms with van der Waals surface area (Å²) in [5.74, 6) is -2.63. The van der Waals surface area contributed by atoms with Crippen LogP contribution >= 0.6 is 0 Å². The van der Waals surface area contributed by atoms with Crippen LogP contribution in [0, 0.1) is 11.6 Å². The second-order valence-corrected chi connectivity index (χ2v) is 5.83. The highest BCUT2D eigenvalue weighted by atomic mass is 19.4. The number of hydrogen-bond acceptors (Lipinski definition) is 3. The smallest absolute Gasteiger partial charge is 0.333 e. The van der Waals surface area contributed by atoms with Crippen LogP contribution in [0.5, 0.6) is 0 Å². The Balaban J connectivity index is 2.26. The molecule has 3 aromatic heterocycles. The molecule has 0 spiro atoms. The molecule has 4 aromatic rings. The van der Waals surface area contributed by atoms with Crippen molar-refractivity contribution < 1.29 is 22.0 Å². The number of fused-ring (bicyclic) bond motifs is 3. The maximum Gasteiger partial charge on any atom is 0.433 e. The molecule has 0 amide bonds. The molecule has 0 unspecified atom stereocenters. The molecule has 0 N–H and O–H groups in total. The molecule has 5 nitrogen and oxygen atoms in total. The van der Waals surface area contributed by atoms with Gasteiger partial charge in [0.25, 0.3) is 5.56 Å². The summed E-state index contributed by atoms with van der Waals surface area (Å²) in [7, 11) is 1.55. The van der Waals surface area contributed by atoms with E-state index in [4.69, 9.17) is 0 Å². The minimum absolute atomic E-state index is 0.102. The molecule has 0 saturated carbocycles. The molecule has 0 aliphatic rings. The van der Waals surface area contributed by atoms with Crippen LogP contribution in [-0.4, -0.2) is 19.1 Å². The number of aryl methyl sites for hydroxylation is 1. The average molecular weight is 380 g/mol. The molecule has 1 aromatic carbocycles. The number of alkyl halides is 3. The number of pyridine rings is 2. The van der Waals surface area contributed by atoms with E-state index in [1.54, 1.807) is 7.05 Å². The first-order valence-corrected chi connectivity index (χ1v) is 7.58. The maximum absolute atomic E-state index is 14.3. The molecule has 0 radical (unpaired) electrons. The molecular weight excluding hydrogens is 371 g/mol. The molecular formula is C17H9F5N4O. The average Bonchev–Trinajstić information content (AvgIpc) is 3.00.